The summed E-state index contributed by atoms with van der Waals surface area (Å²) >= 11 is 0. The van der Waals surface area contributed by atoms with E-state index in [0.29, 0.717) is 18.0 Å². The molecule has 0 aromatic heterocycles. The molecule has 2 aromatic carbocycles. The van der Waals surface area contributed by atoms with E-state index in [-0.39, 0.29) is 5.75 Å². The first-order valence-electron chi connectivity index (χ1n) is 7.81. The molecule has 2 heterocycles. The van der Waals surface area contributed by atoms with Crippen LogP contribution in [0.2, 0.25) is 0 Å². The Labute approximate surface area is 135 Å². The van der Waals surface area contributed by atoms with Gasteiger partial charge in [-0.1, -0.05) is 0 Å². The summed E-state index contributed by atoms with van der Waals surface area (Å²) in [6, 6.07) is 3.70. The molecule has 23 heavy (non-hydrogen) atoms. The maximum atomic E-state index is 10.4. The van der Waals surface area contributed by atoms with Gasteiger partial charge in [0.1, 0.15) is 11.5 Å². The van der Waals surface area contributed by atoms with Crippen LogP contribution in [0.1, 0.15) is 27.8 Å². The second kappa shape index (κ2) is 4.47. The molecule has 2 aliphatic rings. The van der Waals surface area contributed by atoms with Crippen molar-refractivity contribution in [2.24, 2.45) is 0 Å². The fourth-order valence-electron chi connectivity index (χ4n) is 4.00. The molecule has 4 N–H and O–H groups in total. The lowest BCUT2D eigenvalue weighted by molar-refractivity contribution is 0.463. The fourth-order valence-corrected chi connectivity index (χ4v) is 4.00. The normalized spacial score (nSPS) is 15.4. The number of aryl methyl sites for hydroxylation is 1. The smallest absolute Gasteiger partial charge is 0.145 e. The van der Waals surface area contributed by atoms with Crippen molar-refractivity contribution in [1.82, 2.24) is 0 Å². The molecule has 0 fully saturated rings. The van der Waals surface area contributed by atoms with Gasteiger partial charge in [0.25, 0.3) is 0 Å². The van der Waals surface area contributed by atoms with Crippen molar-refractivity contribution in [2.75, 3.05) is 22.2 Å². The standard InChI is InChI=1S/C18H21N3O2/c1-9-4-14(19)18(23)13-7-21-8-20(16(9)13)6-12-5-15(22)10(2)11(3)17(12)21/h4-5,22-23H,6-8,19H2,1-3H3. The number of aromatic hydroxyl groups is 2. The number of fused-ring (bicyclic) bond motifs is 6. The highest BCUT2D eigenvalue weighted by molar-refractivity contribution is 5.78. The van der Waals surface area contributed by atoms with Gasteiger partial charge in [-0.2, -0.15) is 0 Å². The largest absolute Gasteiger partial charge is 0.508 e. The number of nitrogens with zero attached hydrogens (tertiary/aromatic N) is 2. The van der Waals surface area contributed by atoms with Crippen molar-refractivity contribution in [3.05, 3.63) is 39.9 Å². The van der Waals surface area contributed by atoms with E-state index < -0.39 is 0 Å². The number of hydrogen-bond donors (Lipinski definition) is 3. The Balaban J connectivity index is 1.93. The van der Waals surface area contributed by atoms with Crippen LogP contribution in [0.5, 0.6) is 11.5 Å². The van der Waals surface area contributed by atoms with Crippen molar-refractivity contribution in [3.63, 3.8) is 0 Å². The molecule has 5 nitrogen and oxygen atoms in total. The number of nitrogen functional groups attached to an aromatic ring is 1. The zero-order chi connectivity index (χ0) is 16.5. The Morgan fingerprint density at radius 2 is 1.65 bits per heavy atom. The van der Waals surface area contributed by atoms with E-state index in [4.69, 9.17) is 5.73 Å². The maximum absolute atomic E-state index is 10.4. The van der Waals surface area contributed by atoms with Crippen LogP contribution in [-0.4, -0.2) is 16.9 Å². The third kappa shape index (κ3) is 1.79. The van der Waals surface area contributed by atoms with Crippen molar-refractivity contribution < 1.29 is 10.2 Å². The van der Waals surface area contributed by atoms with Crippen LogP contribution in [0.3, 0.4) is 0 Å². The molecule has 4 rings (SSSR count). The number of phenols is 2. The first-order chi connectivity index (χ1) is 10.9. The summed E-state index contributed by atoms with van der Waals surface area (Å²) in [6.07, 6.45) is 0. The molecule has 120 valence electrons. The van der Waals surface area contributed by atoms with Gasteiger partial charge in [0.15, 0.2) is 0 Å². The molecular formula is C18H21N3O2. The van der Waals surface area contributed by atoms with E-state index >= 15 is 0 Å². The van der Waals surface area contributed by atoms with E-state index in [0.717, 1.165) is 46.7 Å². The highest BCUT2D eigenvalue weighted by atomic mass is 16.3. The Hall–Kier alpha value is -2.56. The lowest BCUT2D eigenvalue weighted by Crippen LogP contribution is -2.47. The highest BCUT2D eigenvalue weighted by Gasteiger charge is 2.34. The van der Waals surface area contributed by atoms with E-state index in [9.17, 15) is 10.2 Å². The summed E-state index contributed by atoms with van der Waals surface area (Å²) < 4.78 is 0. The van der Waals surface area contributed by atoms with Gasteiger partial charge >= 0.3 is 0 Å². The SMILES string of the molecule is Cc1cc(N)c(O)c2c1N1Cc3cc(O)c(C)c(C)c3N(C2)C1. The summed E-state index contributed by atoms with van der Waals surface area (Å²) in [5.41, 5.74) is 13.7. The van der Waals surface area contributed by atoms with E-state index in [1.54, 1.807) is 0 Å². The quantitative estimate of drug-likeness (QED) is 0.515. The number of benzene rings is 2. The zero-order valence-corrected chi connectivity index (χ0v) is 13.6. The van der Waals surface area contributed by atoms with Gasteiger partial charge in [-0.15, -0.1) is 0 Å². The second-order valence-electron chi connectivity index (χ2n) is 6.65. The Morgan fingerprint density at radius 3 is 2.39 bits per heavy atom. The van der Waals surface area contributed by atoms with Crippen molar-refractivity contribution in [1.29, 1.82) is 0 Å². The topological polar surface area (TPSA) is 73.0 Å². The Morgan fingerprint density at radius 1 is 0.957 bits per heavy atom. The van der Waals surface area contributed by atoms with Crippen LogP contribution in [0, 0.1) is 20.8 Å². The molecule has 2 bridgehead atoms. The van der Waals surface area contributed by atoms with Crippen molar-refractivity contribution >= 4 is 17.1 Å². The van der Waals surface area contributed by atoms with E-state index in [1.807, 2.05) is 32.9 Å². The molecule has 0 spiro atoms. The first kappa shape index (κ1) is 14.1. The first-order valence-corrected chi connectivity index (χ1v) is 7.81. The molecule has 0 atom stereocenters. The maximum Gasteiger partial charge on any atom is 0.145 e. The predicted molar refractivity (Wildman–Crippen MR) is 92.1 cm³/mol. The summed E-state index contributed by atoms with van der Waals surface area (Å²) in [4.78, 5) is 4.49. The summed E-state index contributed by atoms with van der Waals surface area (Å²) in [5, 5.41) is 20.6. The number of rotatable bonds is 0. The van der Waals surface area contributed by atoms with Crippen LogP contribution >= 0.6 is 0 Å². The lowest BCUT2D eigenvalue weighted by atomic mass is 9.94. The molecular weight excluding hydrogens is 290 g/mol. The van der Waals surface area contributed by atoms with Gasteiger partial charge in [-0.3, -0.25) is 0 Å². The summed E-state index contributed by atoms with van der Waals surface area (Å²) in [5.74, 6) is 0.539. The van der Waals surface area contributed by atoms with Crippen LogP contribution in [0.4, 0.5) is 17.1 Å². The molecule has 0 aliphatic carbocycles. The highest BCUT2D eigenvalue weighted by Crippen LogP contribution is 2.47. The zero-order valence-electron chi connectivity index (χ0n) is 13.6. The molecule has 0 unspecified atom stereocenters. The Bertz CT molecular complexity index is 845. The monoisotopic (exact) mass is 311 g/mol. The minimum Gasteiger partial charge on any atom is -0.508 e. The Kier molecular flexibility index (Phi) is 2.73. The number of anilines is 3. The molecule has 0 radical (unpaired) electrons. The number of hydrogen-bond acceptors (Lipinski definition) is 5. The van der Waals surface area contributed by atoms with Crippen LogP contribution in [0.15, 0.2) is 12.1 Å². The molecule has 0 saturated heterocycles. The van der Waals surface area contributed by atoms with Gasteiger partial charge in [0.2, 0.25) is 0 Å². The number of nitrogens with two attached hydrogens (primary N) is 1. The van der Waals surface area contributed by atoms with Gasteiger partial charge < -0.3 is 25.7 Å². The molecule has 2 aromatic rings. The second-order valence-corrected chi connectivity index (χ2v) is 6.65. The summed E-state index contributed by atoms with van der Waals surface area (Å²) in [7, 11) is 0. The third-order valence-corrected chi connectivity index (χ3v) is 5.19. The number of phenolic OH excluding ortho intramolecular Hbond substituents is 2. The molecule has 5 heteroatoms. The van der Waals surface area contributed by atoms with Crippen LogP contribution < -0.4 is 15.5 Å². The van der Waals surface area contributed by atoms with Crippen LogP contribution in [-0.2, 0) is 13.1 Å². The fraction of sp³-hybridized carbons (Fsp3) is 0.333. The minimum atomic E-state index is 0.192. The van der Waals surface area contributed by atoms with Gasteiger partial charge in [0.05, 0.1) is 24.6 Å². The van der Waals surface area contributed by atoms with Gasteiger partial charge in [-0.25, -0.2) is 0 Å². The van der Waals surface area contributed by atoms with Crippen molar-refractivity contribution in [3.8, 4) is 11.5 Å². The average molecular weight is 311 g/mol. The predicted octanol–water partition coefficient (Wildman–Crippen LogP) is 2.90. The molecule has 2 aliphatic heterocycles. The van der Waals surface area contributed by atoms with E-state index in [2.05, 4.69) is 9.80 Å². The lowest BCUT2D eigenvalue weighted by Gasteiger charge is -2.46. The molecule has 0 saturated carbocycles. The van der Waals surface area contributed by atoms with Gasteiger partial charge in [0, 0.05) is 17.8 Å². The third-order valence-electron chi connectivity index (χ3n) is 5.19. The average Bonchev–Trinajstić information content (AvgIpc) is 2.49. The van der Waals surface area contributed by atoms with E-state index in [1.165, 1.54) is 5.69 Å². The van der Waals surface area contributed by atoms with Gasteiger partial charge in [-0.05, 0) is 55.2 Å². The molecule has 0 amide bonds. The van der Waals surface area contributed by atoms with Crippen LogP contribution in [0.25, 0.3) is 0 Å². The minimum absolute atomic E-state index is 0.192. The van der Waals surface area contributed by atoms with Crippen molar-refractivity contribution in [2.45, 2.75) is 33.9 Å². The summed E-state index contributed by atoms with van der Waals surface area (Å²) in [6.45, 7) is 8.14.